The minimum Gasteiger partial charge on any atom is -0.370 e. The molecule has 3 N–H and O–H groups in total. The van der Waals surface area contributed by atoms with Crippen LogP contribution in [0.3, 0.4) is 0 Å². The minimum atomic E-state index is -0.432. The van der Waals surface area contributed by atoms with E-state index in [4.69, 9.17) is 5.73 Å². The number of carbonyl (C=O) groups is 2. The molecule has 0 saturated heterocycles. The van der Waals surface area contributed by atoms with Crippen molar-refractivity contribution in [2.45, 2.75) is 50.2 Å². The Balaban J connectivity index is 1.76. The van der Waals surface area contributed by atoms with Crippen LogP contribution < -0.4 is 11.1 Å². The molecule has 3 aromatic heterocycles. The number of hydrogen-bond acceptors (Lipinski definition) is 7. The van der Waals surface area contributed by atoms with E-state index < -0.39 is 11.2 Å². The summed E-state index contributed by atoms with van der Waals surface area (Å²) in [5.74, 6) is 0.736. The summed E-state index contributed by atoms with van der Waals surface area (Å²) in [6, 6.07) is 5.76. The summed E-state index contributed by atoms with van der Waals surface area (Å²) in [6.07, 6.45) is 1.82. The average molecular weight is 434 g/mol. The zero-order chi connectivity index (χ0) is 21.0. The fourth-order valence-corrected chi connectivity index (χ4v) is 4.24. The quantitative estimate of drug-likeness (QED) is 0.501. The number of anilines is 1. The van der Waals surface area contributed by atoms with Gasteiger partial charge in [0.05, 0.1) is 16.3 Å². The van der Waals surface area contributed by atoms with E-state index in [9.17, 15) is 9.59 Å². The molecule has 2 amide bonds. The molecule has 0 bridgehead atoms. The zero-order valence-corrected chi connectivity index (χ0v) is 18.0. The third-order valence-corrected chi connectivity index (χ3v) is 6.05. The van der Waals surface area contributed by atoms with Gasteiger partial charge in [0.15, 0.2) is 11.0 Å². The highest BCUT2D eigenvalue weighted by Crippen LogP contribution is 2.30. The Labute approximate surface area is 176 Å². The largest absolute Gasteiger partial charge is 0.370 e. The van der Waals surface area contributed by atoms with Crippen molar-refractivity contribution in [3.05, 3.63) is 29.8 Å². The molecule has 1 unspecified atom stereocenters. The molecule has 0 aliphatic rings. The maximum absolute atomic E-state index is 12.7. The maximum atomic E-state index is 12.7. The van der Waals surface area contributed by atoms with Gasteiger partial charge < -0.3 is 15.6 Å². The van der Waals surface area contributed by atoms with Gasteiger partial charge in [-0.2, -0.15) is 5.10 Å². The Morgan fingerprint density at radius 3 is 2.72 bits per heavy atom. The molecular weight excluding hydrogens is 410 g/mol. The molecule has 9 nitrogen and oxygen atoms in total. The fourth-order valence-electron chi connectivity index (χ4n) is 2.65. The topological polar surface area (TPSA) is 121 Å². The second kappa shape index (κ2) is 9.23. The van der Waals surface area contributed by atoms with Crippen molar-refractivity contribution in [1.82, 2.24) is 24.5 Å². The number of hydrogen-bond donors (Lipinski definition) is 2. The van der Waals surface area contributed by atoms with Gasteiger partial charge in [-0.25, -0.2) is 4.68 Å². The fraction of sp³-hybridized carbons (Fsp3) is 0.389. The first-order valence-electron chi connectivity index (χ1n) is 9.13. The van der Waals surface area contributed by atoms with E-state index >= 15 is 0 Å². The zero-order valence-electron chi connectivity index (χ0n) is 16.4. The standard InChI is InChI=1S/C18H23N7O2S2/c1-11(2)25-15(6-8-20-25)21-17(27)12(3)29-18-23-22-16(13-5-4-10-28-13)24(18)9-7-14(19)26/h4-6,8,10-12H,7,9H2,1-3H3,(H2,19,26)(H,21,27). The summed E-state index contributed by atoms with van der Waals surface area (Å²) in [6.45, 7) is 6.14. The molecule has 154 valence electrons. The van der Waals surface area contributed by atoms with Crippen molar-refractivity contribution in [3.63, 3.8) is 0 Å². The van der Waals surface area contributed by atoms with Gasteiger partial charge in [0.25, 0.3) is 0 Å². The molecule has 3 rings (SSSR count). The van der Waals surface area contributed by atoms with Crippen molar-refractivity contribution in [2.24, 2.45) is 5.73 Å². The first-order chi connectivity index (χ1) is 13.9. The molecule has 1 atom stereocenters. The van der Waals surface area contributed by atoms with E-state index in [0.717, 1.165) is 4.88 Å². The second-order valence-corrected chi connectivity index (χ2v) is 8.91. The number of nitrogens with zero attached hydrogens (tertiary/aromatic N) is 5. The molecule has 0 saturated carbocycles. The van der Waals surface area contributed by atoms with Crippen molar-refractivity contribution in [1.29, 1.82) is 0 Å². The van der Waals surface area contributed by atoms with Crippen LogP contribution in [0.1, 0.15) is 33.2 Å². The van der Waals surface area contributed by atoms with Crippen molar-refractivity contribution in [3.8, 4) is 10.7 Å². The highest BCUT2D eigenvalue weighted by Gasteiger charge is 2.22. The lowest BCUT2D eigenvalue weighted by Crippen LogP contribution is -2.25. The van der Waals surface area contributed by atoms with Crippen LogP contribution in [0.2, 0.25) is 0 Å². The van der Waals surface area contributed by atoms with Crippen LogP contribution >= 0.6 is 23.1 Å². The average Bonchev–Trinajstić information content (AvgIpc) is 3.40. The summed E-state index contributed by atoms with van der Waals surface area (Å²) >= 11 is 2.82. The molecule has 3 aromatic rings. The number of thioether (sulfide) groups is 1. The van der Waals surface area contributed by atoms with Crippen LogP contribution in [0.4, 0.5) is 5.82 Å². The Kier molecular flexibility index (Phi) is 6.70. The van der Waals surface area contributed by atoms with E-state index in [-0.39, 0.29) is 18.4 Å². The van der Waals surface area contributed by atoms with Crippen LogP contribution in [0.25, 0.3) is 10.7 Å². The molecule has 0 fully saturated rings. The van der Waals surface area contributed by atoms with Gasteiger partial charge in [-0.15, -0.1) is 21.5 Å². The highest BCUT2D eigenvalue weighted by molar-refractivity contribution is 8.00. The lowest BCUT2D eigenvalue weighted by atomic mass is 10.4. The van der Waals surface area contributed by atoms with Gasteiger partial charge in [0, 0.05) is 25.1 Å². The number of amides is 2. The Bertz CT molecular complexity index is 978. The minimum absolute atomic E-state index is 0.133. The summed E-state index contributed by atoms with van der Waals surface area (Å²) in [7, 11) is 0. The van der Waals surface area contributed by atoms with Gasteiger partial charge in [-0.05, 0) is 32.2 Å². The van der Waals surface area contributed by atoms with Crippen LogP contribution in [-0.2, 0) is 16.1 Å². The second-order valence-electron chi connectivity index (χ2n) is 6.66. The number of nitrogens with one attached hydrogen (secondary N) is 1. The number of nitrogens with two attached hydrogens (primary N) is 1. The molecule has 29 heavy (non-hydrogen) atoms. The number of rotatable bonds is 9. The predicted molar refractivity (Wildman–Crippen MR) is 114 cm³/mol. The Morgan fingerprint density at radius 1 is 1.28 bits per heavy atom. The van der Waals surface area contributed by atoms with Crippen LogP contribution in [0.5, 0.6) is 0 Å². The Hall–Kier alpha value is -2.66. The van der Waals surface area contributed by atoms with Gasteiger partial charge in [-0.3, -0.25) is 9.59 Å². The molecule has 0 aliphatic heterocycles. The summed E-state index contributed by atoms with van der Waals surface area (Å²) < 4.78 is 3.59. The van der Waals surface area contributed by atoms with E-state index in [1.54, 1.807) is 23.9 Å². The highest BCUT2D eigenvalue weighted by atomic mass is 32.2. The molecule has 3 heterocycles. The summed E-state index contributed by atoms with van der Waals surface area (Å²) in [5.41, 5.74) is 5.32. The van der Waals surface area contributed by atoms with Crippen molar-refractivity contribution >= 4 is 40.7 Å². The first-order valence-corrected chi connectivity index (χ1v) is 10.9. The van der Waals surface area contributed by atoms with Gasteiger partial charge in [-0.1, -0.05) is 17.8 Å². The normalized spacial score (nSPS) is 12.3. The van der Waals surface area contributed by atoms with Crippen LogP contribution in [-0.4, -0.2) is 41.6 Å². The van der Waals surface area contributed by atoms with Gasteiger partial charge in [0.1, 0.15) is 5.82 Å². The van der Waals surface area contributed by atoms with Gasteiger partial charge in [0.2, 0.25) is 11.8 Å². The predicted octanol–water partition coefficient (Wildman–Crippen LogP) is 2.78. The van der Waals surface area contributed by atoms with Crippen molar-refractivity contribution in [2.75, 3.05) is 5.32 Å². The first kappa shape index (κ1) is 21.1. The molecule has 0 aromatic carbocycles. The Morgan fingerprint density at radius 2 is 2.07 bits per heavy atom. The smallest absolute Gasteiger partial charge is 0.238 e. The molecular formula is C18H23N7O2S2. The maximum Gasteiger partial charge on any atom is 0.238 e. The SMILES string of the molecule is CC(Sc1nnc(-c2cccs2)n1CCC(N)=O)C(=O)Nc1ccnn1C(C)C. The lowest BCUT2D eigenvalue weighted by Gasteiger charge is -2.15. The number of thiophene rings is 1. The summed E-state index contributed by atoms with van der Waals surface area (Å²) in [5, 5.41) is 17.7. The number of aromatic nitrogens is 5. The van der Waals surface area contributed by atoms with Gasteiger partial charge >= 0.3 is 0 Å². The van der Waals surface area contributed by atoms with E-state index in [1.807, 2.05) is 35.9 Å². The molecule has 0 spiro atoms. The van der Waals surface area contributed by atoms with Crippen LogP contribution in [0.15, 0.2) is 34.9 Å². The number of carbonyl (C=O) groups excluding carboxylic acids is 2. The number of primary amides is 1. The molecule has 0 radical (unpaired) electrons. The van der Waals surface area contributed by atoms with Crippen LogP contribution in [0, 0.1) is 0 Å². The van der Waals surface area contributed by atoms with E-state index in [2.05, 4.69) is 20.6 Å². The summed E-state index contributed by atoms with van der Waals surface area (Å²) in [4.78, 5) is 24.9. The molecule has 11 heteroatoms. The lowest BCUT2D eigenvalue weighted by molar-refractivity contribution is -0.118. The third-order valence-electron chi connectivity index (χ3n) is 4.10. The monoisotopic (exact) mass is 433 g/mol. The third kappa shape index (κ3) is 5.04. The van der Waals surface area contributed by atoms with E-state index in [0.29, 0.717) is 23.3 Å². The van der Waals surface area contributed by atoms with E-state index in [1.165, 1.54) is 23.1 Å². The molecule has 0 aliphatic carbocycles. The van der Waals surface area contributed by atoms with Crippen molar-refractivity contribution < 1.29 is 9.59 Å².